The number of nitrogen functional groups attached to an aromatic ring is 1. The predicted octanol–water partition coefficient (Wildman–Crippen LogP) is 3.30. The van der Waals surface area contributed by atoms with Gasteiger partial charge in [-0.3, -0.25) is 0 Å². The Hall–Kier alpha value is -1.22. The van der Waals surface area contributed by atoms with Crippen LogP contribution in [0.1, 0.15) is 39.7 Å². The Morgan fingerprint density at radius 2 is 1.94 bits per heavy atom. The molecular weight excluding hydrogens is 226 g/mol. The Balaban J connectivity index is 2.25. The standard InChI is InChI=1S/C15H23NO2/c1-10-7-6-8-11(16)13(10)17-12-9-14(2,3)18-15(12,4)5/h6-8,12H,9,16H2,1-5H3. The molecule has 1 heterocycles. The Bertz CT molecular complexity index is 432. The molecule has 1 fully saturated rings. The van der Waals surface area contributed by atoms with Crippen LogP contribution in [0.3, 0.4) is 0 Å². The summed E-state index contributed by atoms with van der Waals surface area (Å²) in [5.74, 6) is 0.789. The zero-order valence-electron chi connectivity index (χ0n) is 11.9. The van der Waals surface area contributed by atoms with E-state index in [1.807, 2.05) is 25.1 Å². The minimum Gasteiger partial charge on any atom is -0.485 e. The molecule has 18 heavy (non-hydrogen) atoms. The molecule has 1 aromatic carbocycles. The van der Waals surface area contributed by atoms with Crippen LogP contribution in [0.5, 0.6) is 5.75 Å². The molecule has 0 aliphatic carbocycles. The number of hydrogen-bond donors (Lipinski definition) is 1. The van der Waals surface area contributed by atoms with E-state index in [-0.39, 0.29) is 17.3 Å². The first-order valence-corrected chi connectivity index (χ1v) is 6.43. The van der Waals surface area contributed by atoms with Crippen molar-refractivity contribution >= 4 is 5.69 Å². The van der Waals surface area contributed by atoms with Gasteiger partial charge in [0, 0.05) is 6.42 Å². The van der Waals surface area contributed by atoms with E-state index in [4.69, 9.17) is 15.2 Å². The molecule has 100 valence electrons. The lowest BCUT2D eigenvalue weighted by atomic mass is 9.97. The Morgan fingerprint density at radius 1 is 1.28 bits per heavy atom. The summed E-state index contributed by atoms with van der Waals surface area (Å²) in [7, 11) is 0. The van der Waals surface area contributed by atoms with Crippen LogP contribution < -0.4 is 10.5 Å². The topological polar surface area (TPSA) is 44.5 Å². The van der Waals surface area contributed by atoms with E-state index in [1.165, 1.54) is 0 Å². The van der Waals surface area contributed by atoms with Gasteiger partial charge in [0.05, 0.1) is 11.3 Å². The zero-order valence-corrected chi connectivity index (χ0v) is 11.9. The molecule has 0 aromatic heterocycles. The molecular formula is C15H23NO2. The van der Waals surface area contributed by atoms with Crippen molar-refractivity contribution in [2.45, 2.75) is 58.3 Å². The summed E-state index contributed by atoms with van der Waals surface area (Å²) in [6, 6.07) is 5.83. The van der Waals surface area contributed by atoms with Gasteiger partial charge in [0.25, 0.3) is 0 Å². The van der Waals surface area contributed by atoms with Crippen molar-refractivity contribution in [2.75, 3.05) is 5.73 Å². The molecule has 1 aliphatic heterocycles. The highest BCUT2D eigenvalue weighted by Crippen LogP contribution is 2.41. The summed E-state index contributed by atoms with van der Waals surface area (Å²) in [5, 5.41) is 0. The number of para-hydroxylation sites is 1. The summed E-state index contributed by atoms with van der Waals surface area (Å²) in [5.41, 5.74) is 7.30. The fourth-order valence-corrected chi connectivity index (χ4v) is 2.67. The molecule has 0 bridgehead atoms. The first-order valence-electron chi connectivity index (χ1n) is 6.43. The van der Waals surface area contributed by atoms with Crippen LogP contribution in [0.2, 0.25) is 0 Å². The number of anilines is 1. The quantitative estimate of drug-likeness (QED) is 0.818. The molecule has 1 saturated heterocycles. The second-order valence-corrected chi connectivity index (χ2v) is 6.27. The lowest BCUT2D eigenvalue weighted by Crippen LogP contribution is -2.37. The van der Waals surface area contributed by atoms with E-state index in [0.717, 1.165) is 17.7 Å². The predicted molar refractivity (Wildman–Crippen MR) is 73.9 cm³/mol. The molecule has 0 saturated carbocycles. The van der Waals surface area contributed by atoms with E-state index < -0.39 is 0 Å². The van der Waals surface area contributed by atoms with Gasteiger partial charge in [-0.15, -0.1) is 0 Å². The van der Waals surface area contributed by atoms with Crippen molar-refractivity contribution in [3.8, 4) is 5.75 Å². The minimum atomic E-state index is -0.293. The Kier molecular flexibility index (Phi) is 3.06. The first kappa shape index (κ1) is 13.2. The number of rotatable bonds is 2. The van der Waals surface area contributed by atoms with Gasteiger partial charge in [0.15, 0.2) is 0 Å². The van der Waals surface area contributed by atoms with E-state index in [0.29, 0.717) is 5.69 Å². The fraction of sp³-hybridized carbons (Fsp3) is 0.600. The van der Waals surface area contributed by atoms with Crippen LogP contribution in [0.15, 0.2) is 18.2 Å². The van der Waals surface area contributed by atoms with E-state index in [1.54, 1.807) is 0 Å². The molecule has 3 nitrogen and oxygen atoms in total. The molecule has 1 aromatic rings. The molecule has 1 aliphatic rings. The van der Waals surface area contributed by atoms with Crippen molar-refractivity contribution in [1.29, 1.82) is 0 Å². The molecule has 1 unspecified atom stereocenters. The van der Waals surface area contributed by atoms with E-state index in [9.17, 15) is 0 Å². The monoisotopic (exact) mass is 249 g/mol. The highest BCUT2D eigenvalue weighted by molar-refractivity contribution is 5.56. The van der Waals surface area contributed by atoms with Gasteiger partial charge in [-0.2, -0.15) is 0 Å². The average Bonchev–Trinajstić information content (AvgIpc) is 2.40. The molecule has 0 radical (unpaired) electrons. The van der Waals surface area contributed by atoms with Crippen molar-refractivity contribution in [3.05, 3.63) is 23.8 Å². The molecule has 1 atom stereocenters. The smallest absolute Gasteiger partial charge is 0.145 e. The highest BCUT2D eigenvalue weighted by atomic mass is 16.6. The molecule has 2 N–H and O–H groups in total. The summed E-state index contributed by atoms with van der Waals surface area (Å²) >= 11 is 0. The van der Waals surface area contributed by atoms with Gasteiger partial charge in [0.2, 0.25) is 0 Å². The molecule has 0 spiro atoms. The molecule has 3 heteroatoms. The van der Waals surface area contributed by atoms with Gasteiger partial charge in [0.1, 0.15) is 17.5 Å². The van der Waals surface area contributed by atoms with Crippen molar-refractivity contribution < 1.29 is 9.47 Å². The highest BCUT2D eigenvalue weighted by Gasteiger charge is 2.47. The maximum absolute atomic E-state index is 6.14. The SMILES string of the molecule is Cc1cccc(N)c1OC1CC(C)(C)OC1(C)C. The summed E-state index contributed by atoms with van der Waals surface area (Å²) in [4.78, 5) is 0. The van der Waals surface area contributed by atoms with Gasteiger partial charge in [-0.05, 0) is 46.2 Å². The maximum Gasteiger partial charge on any atom is 0.145 e. The molecule has 2 rings (SSSR count). The number of nitrogens with two attached hydrogens (primary N) is 1. The number of benzene rings is 1. The third-order valence-electron chi connectivity index (χ3n) is 3.49. The minimum absolute atomic E-state index is 0.0240. The van der Waals surface area contributed by atoms with E-state index >= 15 is 0 Å². The number of ether oxygens (including phenoxy) is 2. The number of aryl methyl sites for hydroxylation is 1. The van der Waals surface area contributed by atoms with Crippen molar-refractivity contribution in [3.63, 3.8) is 0 Å². The van der Waals surface area contributed by atoms with Gasteiger partial charge < -0.3 is 15.2 Å². The van der Waals surface area contributed by atoms with Gasteiger partial charge >= 0.3 is 0 Å². The normalized spacial score (nSPS) is 25.1. The average molecular weight is 249 g/mol. The summed E-state index contributed by atoms with van der Waals surface area (Å²) in [6.45, 7) is 10.3. The first-order chi connectivity index (χ1) is 8.21. The second kappa shape index (κ2) is 4.16. The molecule has 0 amide bonds. The number of hydrogen-bond acceptors (Lipinski definition) is 3. The Labute approximate surface area is 109 Å². The second-order valence-electron chi connectivity index (χ2n) is 6.27. The van der Waals surface area contributed by atoms with Gasteiger partial charge in [-0.1, -0.05) is 12.1 Å². The maximum atomic E-state index is 6.14. The summed E-state index contributed by atoms with van der Waals surface area (Å²) < 4.78 is 12.2. The Morgan fingerprint density at radius 3 is 2.44 bits per heavy atom. The lowest BCUT2D eigenvalue weighted by Gasteiger charge is -2.28. The van der Waals surface area contributed by atoms with Crippen LogP contribution in [0, 0.1) is 6.92 Å². The largest absolute Gasteiger partial charge is 0.485 e. The van der Waals surface area contributed by atoms with Crippen LogP contribution in [0.25, 0.3) is 0 Å². The van der Waals surface area contributed by atoms with Crippen LogP contribution in [-0.4, -0.2) is 17.3 Å². The third-order valence-corrected chi connectivity index (χ3v) is 3.49. The van der Waals surface area contributed by atoms with E-state index in [2.05, 4.69) is 27.7 Å². The fourth-order valence-electron chi connectivity index (χ4n) is 2.67. The van der Waals surface area contributed by atoms with Crippen LogP contribution >= 0.6 is 0 Å². The summed E-state index contributed by atoms with van der Waals surface area (Å²) in [6.07, 6.45) is 0.893. The van der Waals surface area contributed by atoms with Gasteiger partial charge in [-0.25, -0.2) is 0 Å². The zero-order chi connectivity index (χ0) is 13.6. The lowest BCUT2D eigenvalue weighted by molar-refractivity contribution is -0.0845. The van der Waals surface area contributed by atoms with Crippen LogP contribution in [0.4, 0.5) is 5.69 Å². The van der Waals surface area contributed by atoms with Crippen molar-refractivity contribution in [2.24, 2.45) is 0 Å². The third kappa shape index (κ3) is 2.46. The van der Waals surface area contributed by atoms with Crippen LogP contribution in [-0.2, 0) is 4.74 Å². The van der Waals surface area contributed by atoms with Crippen molar-refractivity contribution in [1.82, 2.24) is 0 Å².